The highest BCUT2D eigenvalue weighted by molar-refractivity contribution is 7.90. The number of fused-ring (bicyclic) bond motifs is 1. The molecule has 1 saturated carbocycles. The molecule has 0 N–H and O–H groups in total. The minimum absolute atomic E-state index is 0.113. The molecule has 1 aliphatic carbocycles. The van der Waals surface area contributed by atoms with E-state index in [2.05, 4.69) is 0 Å². The topological polar surface area (TPSA) is 54.5 Å². The molecular formula is C17H23NO3S. The SMILES string of the molecule is CS(=O)(=O)c1ccccc1C(=O)N1CCCC2CCCCC21. The molecule has 1 saturated heterocycles. The Morgan fingerprint density at radius 1 is 1.09 bits per heavy atom. The third-order valence-electron chi connectivity index (χ3n) is 5.02. The van der Waals surface area contributed by atoms with Gasteiger partial charge in [-0.2, -0.15) is 0 Å². The zero-order valence-corrected chi connectivity index (χ0v) is 13.8. The molecule has 0 spiro atoms. The molecule has 2 aliphatic rings. The number of sulfone groups is 1. The highest BCUT2D eigenvalue weighted by atomic mass is 32.2. The van der Waals surface area contributed by atoms with Crippen LogP contribution in [-0.2, 0) is 9.84 Å². The molecule has 2 fully saturated rings. The summed E-state index contributed by atoms with van der Waals surface area (Å²) >= 11 is 0. The van der Waals surface area contributed by atoms with Gasteiger partial charge in [0.25, 0.3) is 5.91 Å². The lowest BCUT2D eigenvalue weighted by Crippen LogP contribution is -2.49. The molecule has 1 amide bonds. The Kier molecular flexibility index (Phi) is 4.26. The van der Waals surface area contributed by atoms with Crippen LogP contribution in [0.25, 0.3) is 0 Å². The summed E-state index contributed by atoms with van der Waals surface area (Å²) in [7, 11) is -3.39. The van der Waals surface area contributed by atoms with Crippen LogP contribution in [0.2, 0.25) is 0 Å². The van der Waals surface area contributed by atoms with Crippen LogP contribution in [0.1, 0.15) is 48.9 Å². The lowest BCUT2D eigenvalue weighted by Gasteiger charge is -2.44. The molecule has 5 heteroatoms. The Bertz CT molecular complexity index is 666. The molecule has 0 bridgehead atoms. The van der Waals surface area contributed by atoms with Crippen LogP contribution in [0.3, 0.4) is 0 Å². The van der Waals surface area contributed by atoms with Gasteiger partial charge in [-0.3, -0.25) is 4.79 Å². The number of carbonyl (C=O) groups excluding carboxylic acids is 1. The van der Waals surface area contributed by atoms with Crippen molar-refractivity contribution >= 4 is 15.7 Å². The molecule has 3 rings (SSSR count). The van der Waals surface area contributed by atoms with E-state index in [1.807, 2.05) is 4.90 Å². The van der Waals surface area contributed by atoms with Crippen molar-refractivity contribution < 1.29 is 13.2 Å². The third-order valence-corrected chi connectivity index (χ3v) is 6.18. The number of piperidine rings is 1. The zero-order chi connectivity index (χ0) is 15.7. The number of likely N-dealkylation sites (tertiary alicyclic amines) is 1. The molecule has 22 heavy (non-hydrogen) atoms. The first-order valence-electron chi connectivity index (χ1n) is 8.08. The van der Waals surface area contributed by atoms with Gasteiger partial charge in [0.05, 0.1) is 10.5 Å². The molecule has 4 nitrogen and oxygen atoms in total. The zero-order valence-electron chi connectivity index (χ0n) is 13.0. The summed E-state index contributed by atoms with van der Waals surface area (Å²) in [5, 5.41) is 0. The molecule has 1 aliphatic heterocycles. The summed E-state index contributed by atoms with van der Waals surface area (Å²) in [4.78, 5) is 15.1. The summed E-state index contributed by atoms with van der Waals surface area (Å²) in [5.74, 6) is 0.481. The predicted molar refractivity (Wildman–Crippen MR) is 85.6 cm³/mol. The Morgan fingerprint density at radius 2 is 1.77 bits per heavy atom. The number of benzene rings is 1. The van der Waals surface area contributed by atoms with Gasteiger partial charge in [-0.15, -0.1) is 0 Å². The van der Waals surface area contributed by atoms with Crippen molar-refractivity contribution in [2.45, 2.75) is 49.5 Å². The van der Waals surface area contributed by atoms with Crippen molar-refractivity contribution in [2.75, 3.05) is 12.8 Å². The number of nitrogens with zero attached hydrogens (tertiary/aromatic N) is 1. The molecule has 1 aromatic rings. The van der Waals surface area contributed by atoms with Gasteiger partial charge >= 0.3 is 0 Å². The summed E-state index contributed by atoms with van der Waals surface area (Å²) in [6, 6.07) is 6.88. The average Bonchev–Trinajstić information content (AvgIpc) is 2.53. The molecule has 0 radical (unpaired) electrons. The number of carbonyl (C=O) groups is 1. The molecule has 2 atom stereocenters. The molecular weight excluding hydrogens is 298 g/mol. The van der Waals surface area contributed by atoms with Gasteiger partial charge in [-0.25, -0.2) is 8.42 Å². The van der Waals surface area contributed by atoms with Gasteiger partial charge in [0, 0.05) is 18.8 Å². The lowest BCUT2D eigenvalue weighted by atomic mass is 9.78. The number of hydrogen-bond donors (Lipinski definition) is 0. The second kappa shape index (κ2) is 6.03. The average molecular weight is 321 g/mol. The highest BCUT2D eigenvalue weighted by Gasteiger charge is 2.36. The smallest absolute Gasteiger partial charge is 0.255 e. The predicted octanol–water partition coefficient (Wildman–Crippen LogP) is 2.88. The van der Waals surface area contributed by atoms with E-state index in [-0.39, 0.29) is 10.8 Å². The van der Waals surface area contributed by atoms with Crippen molar-refractivity contribution in [1.82, 2.24) is 4.90 Å². The number of rotatable bonds is 2. The minimum Gasteiger partial charge on any atom is -0.335 e. The first-order chi connectivity index (χ1) is 10.5. The van der Waals surface area contributed by atoms with E-state index in [9.17, 15) is 13.2 Å². The monoisotopic (exact) mass is 321 g/mol. The van der Waals surface area contributed by atoms with Crippen molar-refractivity contribution in [2.24, 2.45) is 5.92 Å². The van der Waals surface area contributed by atoms with Gasteiger partial charge in [-0.1, -0.05) is 25.0 Å². The lowest BCUT2D eigenvalue weighted by molar-refractivity contribution is 0.0387. The minimum atomic E-state index is -3.39. The van der Waals surface area contributed by atoms with Crippen LogP contribution >= 0.6 is 0 Å². The van der Waals surface area contributed by atoms with Gasteiger partial charge < -0.3 is 4.90 Å². The summed E-state index contributed by atoms with van der Waals surface area (Å²) < 4.78 is 23.9. The Labute approximate surface area is 132 Å². The second-order valence-corrected chi connectivity index (χ2v) is 8.51. The fourth-order valence-electron chi connectivity index (χ4n) is 4.00. The van der Waals surface area contributed by atoms with Crippen molar-refractivity contribution in [3.63, 3.8) is 0 Å². The van der Waals surface area contributed by atoms with Crippen LogP contribution in [0.15, 0.2) is 29.2 Å². The van der Waals surface area contributed by atoms with Gasteiger partial charge in [-0.05, 0) is 43.7 Å². The quantitative estimate of drug-likeness (QED) is 0.841. The summed E-state index contributed by atoms with van der Waals surface area (Å²) in [6.07, 6.45) is 8.05. The van der Waals surface area contributed by atoms with Crippen LogP contribution in [0.4, 0.5) is 0 Å². The van der Waals surface area contributed by atoms with E-state index in [1.165, 1.54) is 38.0 Å². The van der Waals surface area contributed by atoms with Crippen LogP contribution < -0.4 is 0 Å². The third kappa shape index (κ3) is 2.91. The van der Waals surface area contributed by atoms with E-state index in [4.69, 9.17) is 0 Å². The molecule has 2 unspecified atom stereocenters. The van der Waals surface area contributed by atoms with Crippen molar-refractivity contribution in [3.8, 4) is 0 Å². The molecule has 1 heterocycles. The number of amides is 1. The van der Waals surface area contributed by atoms with Crippen LogP contribution in [0.5, 0.6) is 0 Å². The maximum absolute atomic E-state index is 13.0. The van der Waals surface area contributed by atoms with Crippen LogP contribution in [-0.4, -0.2) is 38.1 Å². The Balaban J connectivity index is 1.94. The van der Waals surface area contributed by atoms with Crippen molar-refractivity contribution in [3.05, 3.63) is 29.8 Å². The van der Waals surface area contributed by atoms with Crippen molar-refractivity contribution in [1.29, 1.82) is 0 Å². The summed E-state index contributed by atoms with van der Waals surface area (Å²) in [5.41, 5.74) is 0.330. The normalized spacial score (nSPS) is 25.6. The van der Waals surface area contributed by atoms with Gasteiger partial charge in [0.1, 0.15) is 0 Å². The van der Waals surface area contributed by atoms with E-state index in [0.29, 0.717) is 17.5 Å². The summed E-state index contributed by atoms with van der Waals surface area (Å²) in [6.45, 7) is 0.748. The largest absolute Gasteiger partial charge is 0.335 e. The maximum atomic E-state index is 13.0. The first kappa shape index (κ1) is 15.5. The number of hydrogen-bond acceptors (Lipinski definition) is 3. The first-order valence-corrected chi connectivity index (χ1v) is 9.97. The highest BCUT2D eigenvalue weighted by Crippen LogP contribution is 2.36. The fraction of sp³-hybridized carbons (Fsp3) is 0.588. The van der Waals surface area contributed by atoms with E-state index in [1.54, 1.807) is 18.2 Å². The Hall–Kier alpha value is -1.36. The van der Waals surface area contributed by atoms with E-state index >= 15 is 0 Å². The standard InChI is InChI=1S/C17H23NO3S/c1-22(20,21)16-11-5-3-9-14(16)17(19)18-12-6-8-13-7-2-4-10-15(13)18/h3,5,9,11,13,15H,2,4,6-8,10,12H2,1H3. The van der Waals surface area contributed by atoms with E-state index < -0.39 is 9.84 Å². The van der Waals surface area contributed by atoms with Gasteiger partial charge in [0.15, 0.2) is 9.84 Å². The van der Waals surface area contributed by atoms with Crippen LogP contribution in [0, 0.1) is 5.92 Å². The fourth-order valence-corrected chi connectivity index (χ4v) is 4.88. The molecule has 0 aromatic heterocycles. The maximum Gasteiger partial charge on any atom is 0.255 e. The van der Waals surface area contributed by atoms with E-state index in [0.717, 1.165) is 19.4 Å². The second-order valence-electron chi connectivity index (χ2n) is 6.52. The Morgan fingerprint density at radius 3 is 2.55 bits per heavy atom. The molecule has 1 aromatic carbocycles. The van der Waals surface area contributed by atoms with Gasteiger partial charge in [0.2, 0.25) is 0 Å². The molecule has 120 valence electrons.